The van der Waals surface area contributed by atoms with Gasteiger partial charge in [-0.3, -0.25) is 9.59 Å². The molecule has 504 valence electrons. The van der Waals surface area contributed by atoms with Crippen LogP contribution < -0.4 is 5.32 Å². The number of aliphatic hydroxyl groups excluding tert-OH is 2. The molecule has 0 aromatic rings. The lowest BCUT2D eigenvalue weighted by molar-refractivity contribution is -0.143. The van der Waals surface area contributed by atoms with Gasteiger partial charge in [-0.15, -0.1) is 0 Å². The summed E-state index contributed by atoms with van der Waals surface area (Å²) in [7, 11) is 0. The second-order valence-electron chi connectivity index (χ2n) is 27.0. The molecule has 0 aliphatic heterocycles. The van der Waals surface area contributed by atoms with Crippen molar-refractivity contribution >= 4 is 11.9 Å². The Morgan fingerprint density at radius 3 is 0.859 bits per heavy atom. The van der Waals surface area contributed by atoms with Crippen molar-refractivity contribution in [2.45, 2.75) is 456 Å². The van der Waals surface area contributed by atoms with Crippen LogP contribution >= 0.6 is 0 Å². The monoisotopic (exact) mass is 1200 g/mol. The molecule has 0 rings (SSSR count). The van der Waals surface area contributed by atoms with Crippen LogP contribution in [-0.2, 0) is 14.3 Å². The fraction of sp³-hybridized carbons (Fsp3) is 0.924. The average molecular weight is 1200 g/mol. The molecular weight excluding hydrogens is 1040 g/mol. The van der Waals surface area contributed by atoms with Crippen molar-refractivity contribution in [1.29, 1.82) is 0 Å². The summed E-state index contributed by atoms with van der Waals surface area (Å²) in [6.45, 7) is 4.98. The highest BCUT2D eigenvalue weighted by molar-refractivity contribution is 5.76. The maximum absolute atomic E-state index is 12.6. The van der Waals surface area contributed by atoms with Crippen molar-refractivity contribution in [1.82, 2.24) is 5.32 Å². The van der Waals surface area contributed by atoms with E-state index in [4.69, 9.17) is 4.74 Å². The van der Waals surface area contributed by atoms with Crippen LogP contribution in [0.25, 0.3) is 0 Å². The second-order valence-corrected chi connectivity index (χ2v) is 27.0. The van der Waals surface area contributed by atoms with Crippen molar-refractivity contribution in [3.63, 3.8) is 0 Å². The van der Waals surface area contributed by atoms with E-state index in [1.165, 1.54) is 366 Å². The van der Waals surface area contributed by atoms with Crippen LogP contribution in [0.15, 0.2) is 24.3 Å². The lowest BCUT2D eigenvalue weighted by atomic mass is 10.0. The summed E-state index contributed by atoms with van der Waals surface area (Å²) in [6.07, 6.45) is 95.5. The molecular formula is C79H153NO5. The van der Waals surface area contributed by atoms with Crippen molar-refractivity contribution in [2.75, 3.05) is 13.2 Å². The Morgan fingerprint density at radius 1 is 0.318 bits per heavy atom. The molecule has 0 aromatic heterocycles. The number of allylic oxidation sites excluding steroid dienone is 4. The van der Waals surface area contributed by atoms with Crippen LogP contribution in [0, 0.1) is 0 Å². The highest BCUT2D eigenvalue weighted by Crippen LogP contribution is 2.20. The number of esters is 1. The Balaban J connectivity index is 3.35. The number of carbonyl (C=O) groups excluding carboxylic acids is 2. The normalized spacial score (nSPS) is 12.6. The third kappa shape index (κ3) is 71.3. The fourth-order valence-electron chi connectivity index (χ4n) is 12.5. The Labute approximate surface area is 532 Å². The maximum atomic E-state index is 12.6. The van der Waals surface area contributed by atoms with Gasteiger partial charge in [0.15, 0.2) is 0 Å². The zero-order chi connectivity index (χ0) is 61.3. The van der Waals surface area contributed by atoms with Gasteiger partial charge in [0, 0.05) is 12.8 Å². The molecule has 0 saturated heterocycles. The third-order valence-electron chi connectivity index (χ3n) is 18.5. The number of unbranched alkanes of at least 4 members (excludes halogenated alkanes) is 59. The summed E-state index contributed by atoms with van der Waals surface area (Å²) >= 11 is 0. The predicted octanol–water partition coefficient (Wildman–Crippen LogP) is 25.7. The van der Waals surface area contributed by atoms with Gasteiger partial charge >= 0.3 is 5.97 Å². The molecule has 0 aromatic carbocycles. The van der Waals surface area contributed by atoms with Crippen molar-refractivity contribution in [3.8, 4) is 0 Å². The summed E-state index contributed by atoms with van der Waals surface area (Å²) in [5.74, 6) is -0.0169. The van der Waals surface area contributed by atoms with Gasteiger partial charge in [0.2, 0.25) is 5.91 Å². The summed E-state index contributed by atoms with van der Waals surface area (Å²) in [5.41, 5.74) is 0. The van der Waals surface area contributed by atoms with Crippen LogP contribution in [0.3, 0.4) is 0 Å². The molecule has 0 aliphatic rings. The van der Waals surface area contributed by atoms with E-state index in [1.54, 1.807) is 0 Å². The summed E-state index contributed by atoms with van der Waals surface area (Å²) < 4.78 is 5.48. The molecule has 2 unspecified atom stereocenters. The highest BCUT2D eigenvalue weighted by atomic mass is 16.5. The highest BCUT2D eigenvalue weighted by Gasteiger charge is 2.20. The van der Waals surface area contributed by atoms with E-state index in [0.29, 0.717) is 25.9 Å². The predicted molar refractivity (Wildman–Crippen MR) is 375 cm³/mol. The lowest BCUT2D eigenvalue weighted by Crippen LogP contribution is -2.45. The molecule has 0 saturated carbocycles. The summed E-state index contributed by atoms with van der Waals surface area (Å²) in [5, 5.41) is 23.5. The first-order valence-corrected chi connectivity index (χ1v) is 39.1. The van der Waals surface area contributed by atoms with Gasteiger partial charge in [-0.05, 0) is 77.0 Å². The quantitative estimate of drug-likeness (QED) is 0.0320. The Hall–Kier alpha value is -1.66. The number of carbonyl (C=O) groups is 2. The molecule has 1 amide bonds. The van der Waals surface area contributed by atoms with Gasteiger partial charge in [-0.2, -0.15) is 0 Å². The zero-order valence-corrected chi connectivity index (χ0v) is 57.9. The Morgan fingerprint density at radius 2 is 0.553 bits per heavy atom. The molecule has 85 heavy (non-hydrogen) atoms. The number of hydrogen-bond donors (Lipinski definition) is 3. The van der Waals surface area contributed by atoms with Crippen LogP contribution in [0.2, 0.25) is 0 Å². The largest absolute Gasteiger partial charge is 0.466 e. The number of rotatable bonds is 74. The Bertz CT molecular complexity index is 1330. The maximum Gasteiger partial charge on any atom is 0.305 e. The van der Waals surface area contributed by atoms with E-state index >= 15 is 0 Å². The molecule has 0 heterocycles. The van der Waals surface area contributed by atoms with Crippen LogP contribution in [0.5, 0.6) is 0 Å². The standard InChI is InChI=1S/C79H153NO5/c1-3-5-7-9-11-13-15-17-18-19-20-21-33-36-39-42-45-48-51-55-59-63-67-71-77(82)76(75-81)80-78(83)72-68-64-60-56-52-49-46-43-40-37-34-31-29-27-25-23-22-24-26-28-30-32-35-38-41-44-47-50-54-58-62-66-70-74-85-79(84)73-69-65-61-57-53-16-14-12-10-8-6-4-2/h12,14,26,28,76-77,81-82H,3-11,13,15-25,27,29-75H2,1-2H3,(H,80,83)/b14-12-,28-26-. The molecule has 0 bridgehead atoms. The molecule has 0 aliphatic carbocycles. The van der Waals surface area contributed by atoms with Gasteiger partial charge in [-0.1, -0.05) is 378 Å². The number of hydrogen-bond acceptors (Lipinski definition) is 5. The zero-order valence-electron chi connectivity index (χ0n) is 57.9. The van der Waals surface area contributed by atoms with Crippen LogP contribution in [-0.4, -0.2) is 47.4 Å². The van der Waals surface area contributed by atoms with Gasteiger partial charge in [0.25, 0.3) is 0 Å². The minimum absolute atomic E-state index is 0.00938. The minimum atomic E-state index is -0.663. The first-order chi connectivity index (χ1) is 42.0. The number of ether oxygens (including phenoxy) is 1. The second kappa shape index (κ2) is 74.8. The van der Waals surface area contributed by atoms with Crippen molar-refractivity contribution in [3.05, 3.63) is 24.3 Å². The van der Waals surface area contributed by atoms with E-state index < -0.39 is 12.1 Å². The molecule has 0 spiro atoms. The number of nitrogens with one attached hydrogen (secondary N) is 1. The van der Waals surface area contributed by atoms with Crippen molar-refractivity contribution in [2.24, 2.45) is 0 Å². The van der Waals surface area contributed by atoms with E-state index in [9.17, 15) is 19.8 Å². The lowest BCUT2D eigenvalue weighted by Gasteiger charge is -2.22. The first-order valence-electron chi connectivity index (χ1n) is 39.1. The SMILES string of the molecule is CCCCC/C=C\CCCCCCCC(=O)OCCCCCCCCCCCCCC/C=C\CCCCCCCCCCCCCCCCCCCC(=O)NC(CO)C(O)CCCCCCCCCCCCCCCCCCCCCCCCC. The van der Waals surface area contributed by atoms with Crippen molar-refractivity contribution < 1.29 is 24.5 Å². The number of aliphatic hydroxyl groups is 2. The Kier molecular flexibility index (Phi) is 73.3. The van der Waals surface area contributed by atoms with Gasteiger partial charge in [0.05, 0.1) is 25.4 Å². The van der Waals surface area contributed by atoms with Gasteiger partial charge in [0.1, 0.15) is 0 Å². The summed E-state index contributed by atoms with van der Waals surface area (Å²) in [4.78, 5) is 24.6. The van der Waals surface area contributed by atoms with Gasteiger partial charge < -0.3 is 20.3 Å². The topological polar surface area (TPSA) is 95.9 Å². The first kappa shape index (κ1) is 83.3. The molecule has 3 N–H and O–H groups in total. The fourth-order valence-corrected chi connectivity index (χ4v) is 12.5. The third-order valence-corrected chi connectivity index (χ3v) is 18.5. The average Bonchev–Trinajstić information content (AvgIpc) is 3.51. The molecule has 0 fully saturated rings. The molecule has 2 atom stereocenters. The van der Waals surface area contributed by atoms with Crippen LogP contribution in [0.1, 0.15) is 444 Å². The van der Waals surface area contributed by atoms with E-state index in [0.717, 1.165) is 44.9 Å². The van der Waals surface area contributed by atoms with Crippen LogP contribution in [0.4, 0.5) is 0 Å². The van der Waals surface area contributed by atoms with E-state index in [2.05, 4.69) is 43.5 Å². The smallest absolute Gasteiger partial charge is 0.305 e. The summed E-state index contributed by atoms with van der Waals surface area (Å²) in [6, 6.07) is -0.540. The van der Waals surface area contributed by atoms with E-state index in [1.807, 2.05) is 0 Å². The number of amides is 1. The minimum Gasteiger partial charge on any atom is -0.466 e. The molecule has 0 radical (unpaired) electrons. The van der Waals surface area contributed by atoms with Gasteiger partial charge in [-0.25, -0.2) is 0 Å². The molecule has 6 nitrogen and oxygen atoms in total. The van der Waals surface area contributed by atoms with E-state index in [-0.39, 0.29) is 18.5 Å². The molecule has 6 heteroatoms.